The lowest BCUT2D eigenvalue weighted by molar-refractivity contribution is 0.248. The summed E-state index contributed by atoms with van der Waals surface area (Å²) in [5, 5.41) is 11.3. The highest BCUT2D eigenvalue weighted by molar-refractivity contribution is 6.00. The summed E-state index contributed by atoms with van der Waals surface area (Å²) in [6.45, 7) is 0. The van der Waals surface area contributed by atoms with Crippen molar-refractivity contribution in [3.05, 3.63) is 60.3 Å². The van der Waals surface area contributed by atoms with Gasteiger partial charge in [-0.3, -0.25) is 4.68 Å². The minimum Gasteiger partial charge on any atom is -0.335 e. The molecule has 0 unspecified atom stereocenters. The van der Waals surface area contributed by atoms with E-state index in [0.29, 0.717) is 5.92 Å². The molecule has 0 spiro atoms. The second kappa shape index (κ2) is 6.59. The van der Waals surface area contributed by atoms with Crippen LogP contribution in [0.3, 0.4) is 0 Å². The number of aromatic nitrogens is 2. The highest BCUT2D eigenvalue weighted by Gasteiger charge is 2.26. The number of hydrogen-bond donors (Lipinski definition) is 2. The fourth-order valence-corrected chi connectivity index (χ4v) is 3.77. The molecule has 1 aromatic heterocycles. The number of nitrogens with zero attached hydrogens (tertiary/aromatic N) is 2. The van der Waals surface area contributed by atoms with Gasteiger partial charge in [0.15, 0.2) is 0 Å². The Labute approximate surface area is 147 Å². The number of carbonyl (C=O) groups excluding carboxylic acids is 1. The molecule has 1 heterocycles. The van der Waals surface area contributed by atoms with E-state index in [2.05, 4.69) is 40.0 Å². The molecule has 4 rings (SSSR count). The van der Waals surface area contributed by atoms with Crippen molar-refractivity contribution in [1.29, 1.82) is 0 Å². The van der Waals surface area contributed by atoms with Crippen LogP contribution in [0.25, 0.3) is 10.9 Å². The van der Waals surface area contributed by atoms with Crippen LogP contribution >= 0.6 is 0 Å². The Morgan fingerprint density at radius 3 is 2.80 bits per heavy atom. The summed E-state index contributed by atoms with van der Waals surface area (Å²) >= 11 is 0. The smallest absolute Gasteiger partial charge is 0.319 e. The van der Waals surface area contributed by atoms with Crippen LogP contribution in [0.15, 0.2) is 54.7 Å². The molecule has 25 heavy (non-hydrogen) atoms. The molecule has 1 saturated carbocycles. The van der Waals surface area contributed by atoms with Crippen LogP contribution in [0, 0.1) is 0 Å². The number of amides is 2. The number of urea groups is 1. The van der Waals surface area contributed by atoms with Crippen molar-refractivity contribution in [3.63, 3.8) is 0 Å². The van der Waals surface area contributed by atoms with Crippen LogP contribution in [-0.4, -0.2) is 21.9 Å². The van der Waals surface area contributed by atoms with Gasteiger partial charge in [0.25, 0.3) is 0 Å². The van der Waals surface area contributed by atoms with Crippen LogP contribution < -0.4 is 10.6 Å². The van der Waals surface area contributed by atoms with Gasteiger partial charge in [0.05, 0.1) is 17.4 Å². The van der Waals surface area contributed by atoms with E-state index in [9.17, 15) is 4.79 Å². The predicted octanol–water partition coefficient (Wildman–Crippen LogP) is 4.03. The van der Waals surface area contributed by atoms with Gasteiger partial charge in [-0.15, -0.1) is 0 Å². The van der Waals surface area contributed by atoms with Crippen molar-refractivity contribution in [3.8, 4) is 0 Å². The predicted molar refractivity (Wildman–Crippen MR) is 99.7 cm³/mol. The van der Waals surface area contributed by atoms with Crippen LogP contribution in [0.4, 0.5) is 10.5 Å². The lowest BCUT2D eigenvalue weighted by atomic mass is 9.98. The van der Waals surface area contributed by atoms with Crippen molar-refractivity contribution in [2.45, 2.75) is 31.2 Å². The highest BCUT2D eigenvalue weighted by Crippen LogP contribution is 2.34. The second-order valence-electron chi connectivity index (χ2n) is 6.72. The van der Waals surface area contributed by atoms with Gasteiger partial charge < -0.3 is 10.6 Å². The minimum absolute atomic E-state index is 0.143. The molecule has 0 aliphatic heterocycles. The summed E-state index contributed by atoms with van der Waals surface area (Å²) in [6, 6.07) is 16.5. The van der Waals surface area contributed by atoms with Crippen LogP contribution in [0.5, 0.6) is 0 Å². The third-order valence-corrected chi connectivity index (χ3v) is 5.08. The Hall–Kier alpha value is -2.82. The zero-order valence-electron chi connectivity index (χ0n) is 14.3. The first kappa shape index (κ1) is 15.7. The van der Waals surface area contributed by atoms with E-state index in [1.165, 1.54) is 5.56 Å². The number of hydrogen-bond acceptors (Lipinski definition) is 2. The number of aryl methyl sites for hydroxylation is 1. The molecule has 2 atom stereocenters. The van der Waals surface area contributed by atoms with Gasteiger partial charge in [0.1, 0.15) is 0 Å². The number of anilines is 1. The molecule has 5 heteroatoms. The number of fused-ring (bicyclic) bond motifs is 1. The maximum absolute atomic E-state index is 12.4. The first-order valence-corrected chi connectivity index (χ1v) is 8.74. The number of rotatable bonds is 3. The quantitative estimate of drug-likeness (QED) is 0.760. The van der Waals surface area contributed by atoms with Gasteiger partial charge >= 0.3 is 6.03 Å². The molecule has 0 saturated heterocycles. The summed E-state index contributed by atoms with van der Waals surface area (Å²) in [4.78, 5) is 12.4. The van der Waals surface area contributed by atoms with Gasteiger partial charge in [0.2, 0.25) is 0 Å². The SMILES string of the molecule is Cn1ncc2c(NC(=O)N[C@H]3CC[C@H](c4ccccc4)C3)cccc21. The average Bonchev–Trinajstić information content (AvgIpc) is 3.24. The first-order valence-electron chi connectivity index (χ1n) is 8.74. The van der Waals surface area contributed by atoms with E-state index in [-0.39, 0.29) is 12.1 Å². The normalized spacial score (nSPS) is 19.9. The summed E-state index contributed by atoms with van der Waals surface area (Å²) in [6.07, 6.45) is 4.91. The molecule has 1 aliphatic carbocycles. The van der Waals surface area contributed by atoms with Crippen molar-refractivity contribution < 1.29 is 4.79 Å². The van der Waals surface area contributed by atoms with Crippen molar-refractivity contribution >= 4 is 22.6 Å². The van der Waals surface area contributed by atoms with E-state index in [1.807, 2.05) is 31.3 Å². The van der Waals surface area contributed by atoms with E-state index in [4.69, 9.17) is 0 Å². The Balaban J connectivity index is 1.39. The average molecular weight is 334 g/mol. The van der Waals surface area contributed by atoms with Crippen LogP contribution in [-0.2, 0) is 7.05 Å². The molecule has 2 amide bonds. The van der Waals surface area contributed by atoms with E-state index >= 15 is 0 Å². The molecule has 1 aliphatic rings. The van der Waals surface area contributed by atoms with Crippen LogP contribution in [0.1, 0.15) is 30.7 Å². The molecule has 3 aromatic rings. The minimum atomic E-state index is -0.143. The molecule has 0 bridgehead atoms. The lowest BCUT2D eigenvalue weighted by Gasteiger charge is -2.15. The Bertz CT molecular complexity index is 887. The molecule has 5 nitrogen and oxygen atoms in total. The van der Waals surface area contributed by atoms with Gasteiger partial charge in [-0.1, -0.05) is 36.4 Å². The van der Waals surface area contributed by atoms with Crippen LogP contribution in [0.2, 0.25) is 0 Å². The zero-order chi connectivity index (χ0) is 17.2. The lowest BCUT2D eigenvalue weighted by Crippen LogP contribution is -2.36. The van der Waals surface area contributed by atoms with Crippen molar-refractivity contribution in [1.82, 2.24) is 15.1 Å². The topological polar surface area (TPSA) is 59.0 Å². The van der Waals surface area contributed by atoms with Crippen molar-refractivity contribution in [2.24, 2.45) is 7.05 Å². The van der Waals surface area contributed by atoms with E-state index < -0.39 is 0 Å². The molecule has 0 radical (unpaired) electrons. The zero-order valence-corrected chi connectivity index (χ0v) is 14.3. The summed E-state index contributed by atoms with van der Waals surface area (Å²) < 4.78 is 1.81. The molecule has 2 N–H and O–H groups in total. The number of nitrogens with one attached hydrogen (secondary N) is 2. The fourth-order valence-electron chi connectivity index (χ4n) is 3.77. The molecular formula is C20H22N4O. The molecule has 128 valence electrons. The number of carbonyl (C=O) groups is 1. The summed E-state index contributed by atoms with van der Waals surface area (Å²) in [7, 11) is 1.90. The maximum atomic E-state index is 12.4. The third-order valence-electron chi connectivity index (χ3n) is 5.08. The summed E-state index contributed by atoms with van der Waals surface area (Å²) in [5.41, 5.74) is 3.16. The monoisotopic (exact) mass is 334 g/mol. The largest absolute Gasteiger partial charge is 0.335 e. The standard InChI is InChI=1S/C20H22N4O/c1-24-19-9-5-8-18(17(19)13-21-24)23-20(25)22-16-11-10-15(12-16)14-6-3-2-4-7-14/h2-9,13,15-16H,10-12H2,1H3,(H2,22,23,25)/t15-,16-/m0/s1. The molecule has 1 fully saturated rings. The fraction of sp³-hybridized carbons (Fsp3) is 0.300. The maximum Gasteiger partial charge on any atom is 0.319 e. The van der Waals surface area contributed by atoms with E-state index in [0.717, 1.165) is 35.9 Å². The molecule has 2 aromatic carbocycles. The van der Waals surface area contributed by atoms with Gasteiger partial charge in [-0.05, 0) is 42.9 Å². The van der Waals surface area contributed by atoms with Gasteiger partial charge in [-0.2, -0.15) is 5.10 Å². The molecular weight excluding hydrogens is 312 g/mol. The Morgan fingerprint density at radius 2 is 1.96 bits per heavy atom. The first-order chi connectivity index (χ1) is 12.2. The summed E-state index contributed by atoms with van der Waals surface area (Å²) in [5.74, 6) is 0.535. The van der Waals surface area contributed by atoms with E-state index in [1.54, 1.807) is 10.9 Å². The Kier molecular flexibility index (Phi) is 4.14. The number of benzene rings is 2. The highest BCUT2D eigenvalue weighted by atomic mass is 16.2. The van der Waals surface area contributed by atoms with Gasteiger partial charge in [-0.25, -0.2) is 4.79 Å². The Morgan fingerprint density at radius 1 is 1.12 bits per heavy atom. The van der Waals surface area contributed by atoms with Crippen molar-refractivity contribution in [2.75, 3.05) is 5.32 Å². The van der Waals surface area contributed by atoms with Gasteiger partial charge in [0, 0.05) is 18.5 Å². The third kappa shape index (κ3) is 3.22. The second-order valence-corrected chi connectivity index (χ2v) is 6.72.